The largest absolute Gasteiger partial charge is 0.446 e. The first-order chi connectivity index (χ1) is 5.87. The first-order valence-electron chi connectivity index (χ1n) is 3.18. The predicted octanol–water partition coefficient (Wildman–Crippen LogP) is 3.64. The Hall–Kier alpha value is -0.360. The van der Waals surface area contributed by atoms with Crippen molar-refractivity contribution in [2.75, 3.05) is 5.73 Å². The zero-order chi connectivity index (χ0) is 10.1. The standard InChI is InChI=1S/C7H5BrF3NS/c8-4-1-5(12)3-6(2-4)13-7(9,10)11/h1-3H,12H2. The fraction of sp³-hybridized carbons (Fsp3) is 0.143. The number of hydrogen-bond donors (Lipinski definition) is 1. The Balaban J connectivity index is 2.90. The number of nitrogen functional groups attached to an aromatic ring is 1. The van der Waals surface area contributed by atoms with Crippen molar-refractivity contribution in [2.45, 2.75) is 10.4 Å². The van der Waals surface area contributed by atoms with Crippen LogP contribution in [-0.4, -0.2) is 5.51 Å². The second-order valence-corrected chi connectivity index (χ2v) is 4.32. The lowest BCUT2D eigenvalue weighted by Gasteiger charge is -2.06. The third kappa shape index (κ3) is 3.91. The van der Waals surface area contributed by atoms with Crippen molar-refractivity contribution in [3.63, 3.8) is 0 Å². The number of thioether (sulfide) groups is 1. The fourth-order valence-electron chi connectivity index (χ4n) is 0.777. The average molecular weight is 272 g/mol. The summed E-state index contributed by atoms with van der Waals surface area (Å²) < 4.78 is 36.3. The average Bonchev–Trinajstić information content (AvgIpc) is 1.78. The quantitative estimate of drug-likeness (QED) is 0.624. The van der Waals surface area contributed by atoms with Crippen LogP contribution in [0.3, 0.4) is 0 Å². The molecule has 0 unspecified atom stereocenters. The van der Waals surface area contributed by atoms with E-state index in [1.54, 1.807) is 6.07 Å². The van der Waals surface area contributed by atoms with Crippen LogP contribution in [0.4, 0.5) is 18.9 Å². The number of hydrogen-bond acceptors (Lipinski definition) is 2. The van der Waals surface area contributed by atoms with Gasteiger partial charge >= 0.3 is 5.51 Å². The highest BCUT2D eigenvalue weighted by molar-refractivity contribution is 9.10. The third-order valence-corrected chi connectivity index (χ3v) is 2.29. The molecule has 0 heterocycles. The summed E-state index contributed by atoms with van der Waals surface area (Å²) in [5.41, 5.74) is 1.40. The van der Waals surface area contributed by atoms with E-state index in [1.165, 1.54) is 12.1 Å². The number of anilines is 1. The van der Waals surface area contributed by atoms with Crippen LogP contribution in [-0.2, 0) is 0 Å². The van der Waals surface area contributed by atoms with Gasteiger partial charge in [0.25, 0.3) is 0 Å². The van der Waals surface area contributed by atoms with Gasteiger partial charge in [0.15, 0.2) is 0 Å². The molecular formula is C7H5BrF3NS. The van der Waals surface area contributed by atoms with Crippen LogP contribution in [0.25, 0.3) is 0 Å². The molecule has 0 aliphatic carbocycles. The minimum absolute atomic E-state index is 0.0828. The van der Waals surface area contributed by atoms with Crippen LogP contribution in [0.2, 0.25) is 0 Å². The Morgan fingerprint density at radius 2 is 1.85 bits per heavy atom. The second-order valence-electron chi connectivity index (χ2n) is 2.27. The summed E-state index contributed by atoms with van der Waals surface area (Å²) in [5.74, 6) is 0. The zero-order valence-electron chi connectivity index (χ0n) is 6.23. The van der Waals surface area contributed by atoms with Crippen LogP contribution in [0.1, 0.15) is 0 Å². The van der Waals surface area contributed by atoms with Crippen molar-refractivity contribution in [3.8, 4) is 0 Å². The molecule has 0 aliphatic rings. The van der Waals surface area contributed by atoms with Gasteiger partial charge in [0, 0.05) is 15.1 Å². The Morgan fingerprint density at radius 3 is 2.31 bits per heavy atom. The smallest absolute Gasteiger partial charge is 0.399 e. The first kappa shape index (κ1) is 10.7. The van der Waals surface area contributed by atoms with Gasteiger partial charge in [-0.3, -0.25) is 0 Å². The molecule has 72 valence electrons. The van der Waals surface area contributed by atoms with Gasteiger partial charge < -0.3 is 5.73 Å². The van der Waals surface area contributed by atoms with E-state index >= 15 is 0 Å². The van der Waals surface area contributed by atoms with Crippen molar-refractivity contribution in [2.24, 2.45) is 0 Å². The lowest BCUT2D eigenvalue weighted by Crippen LogP contribution is -1.99. The van der Waals surface area contributed by atoms with Crippen molar-refractivity contribution < 1.29 is 13.2 Å². The van der Waals surface area contributed by atoms with Crippen LogP contribution < -0.4 is 5.73 Å². The monoisotopic (exact) mass is 271 g/mol. The van der Waals surface area contributed by atoms with Gasteiger partial charge in [-0.05, 0) is 30.0 Å². The molecule has 0 saturated carbocycles. The fourth-order valence-corrected chi connectivity index (χ4v) is 2.09. The van der Waals surface area contributed by atoms with Gasteiger partial charge in [-0.1, -0.05) is 15.9 Å². The third-order valence-electron chi connectivity index (χ3n) is 1.13. The first-order valence-corrected chi connectivity index (χ1v) is 4.79. The summed E-state index contributed by atoms with van der Waals surface area (Å²) >= 11 is 2.88. The number of benzene rings is 1. The molecule has 0 aromatic heterocycles. The van der Waals surface area contributed by atoms with E-state index in [2.05, 4.69) is 15.9 Å². The molecule has 0 aliphatic heterocycles. The van der Waals surface area contributed by atoms with E-state index in [0.29, 0.717) is 10.2 Å². The molecule has 1 rings (SSSR count). The summed E-state index contributed by atoms with van der Waals surface area (Å²) in [5, 5.41) is 0. The zero-order valence-corrected chi connectivity index (χ0v) is 8.63. The summed E-state index contributed by atoms with van der Waals surface area (Å²) in [6.07, 6.45) is 0. The highest BCUT2D eigenvalue weighted by Crippen LogP contribution is 2.38. The van der Waals surface area contributed by atoms with Crippen molar-refractivity contribution in [3.05, 3.63) is 22.7 Å². The highest BCUT2D eigenvalue weighted by atomic mass is 79.9. The molecule has 13 heavy (non-hydrogen) atoms. The van der Waals surface area contributed by atoms with Crippen LogP contribution >= 0.6 is 27.7 Å². The Labute approximate surface area is 85.6 Å². The molecular weight excluding hydrogens is 267 g/mol. The summed E-state index contributed by atoms with van der Waals surface area (Å²) in [6, 6.07) is 4.19. The van der Waals surface area contributed by atoms with Gasteiger partial charge in [0.2, 0.25) is 0 Å². The van der Waals surface area contributed by atoms with Crippen LogP contribution in [0.5, 0.6) is 0 Å². The topological polar surface area (TPSA) is 26.0 Å². The molecule has 1 aromatic carbocycles. The highest BCUT2D eigenvalue weighted by Gasteiger charge is 2.29. The normalized spacial score (nSPS) is 11.7. The summed E-state index contributed by atoms with van der Waals surface area (Å²) in [7, 11) is 0. The van der Waals surface area contributed by atoms with Gasteiger partial charge in [-0.2, -0.15) is 13.2 Å². The minimum Gasteiger partial charge on any atom is -0.399 e. The van der Waals surface area contributed by atoms with Crippen LogP contribution in [0, 0.1) is 0 Å². The molecule has 0 fully saturated rings. The van der Waals surface area contributed by atoms with E-state index in [1.807, 2.05) is 0 Å². The molecule has 6 heteroatoms. The molecule has 0 atom stereocenters. The Morgan fingerprint density at radius 1 is 1.23 bits per heavy atom. The van der Waals surface area contributed by atoms with E-state index in [0.717, 1.165) is 0 Å². The minimum atomic E-state index is -4.27. The Kier molecular flexibility index (Phi) is 3.13. The van der Waals surface area contributed by atoms with Crippen molar-refractivity contribution >= 4 is 33.4 Å². The molecule has 1 aromatic rings. The molecule has 1 nitrogen and oxygen atoms in total. The van der Waals surface area contributed by atoms with Gasteiger partial charge in [-0.25, -0.2) is 0 Å². The van der Waals surface area contributed by atoms with Crippen LogP contribution in [0.15, 0.2) is 27.6 Å². The number of halogens is 4. The summed E-state index contributed by atoms with van der Waals surface area (Å²) in [6.45, 7) is 0. The molecule has 0 amide bonds. The SMILES string of the molecule is Nc1cc(Br)cc(SC(F)(F)F)c1. The van der Waals surface area contributed by atoms with Gasteiger partial charge in [0.1, 0.15) is 0 Å². The Bertz CT molecular complexity index is 293. The molecule has 0 saturated heterocycles. The van der Waals surface area contributed by atoms with Crippen molar-refractivity contribution in [1.82, 2.24) is 0 Å². The number of alkyl halides is 3. The number of nitrogens with two attached hydrogens (primary N) is 1. The lowest BCUT2D eigenvalue weighted by molar-refractivity contribution is -0.0328. The van der Waals surface area contributed by atoms with E-state index < -0.39 is 5.51 Å². The molecule has 0 bridgehead atoms. The number of rotatable bonds is 1. The second kappa shape index (κ2) is 3.79. The van der Waals surface area contributed by atoms with Crippen molar-refractivity contribution in [1.29, 1.82) is 0 Å². The molecule has 2 N–H and O–H groups in total. The summed E-state index contributed by atoms with van der Waals surface area (Å²) in [4.78, 5) is 0.0828. The van der Waals surface area contributed by atoms with E-state index in [4.69, 9.17) is 5.73 Å². The maximum atomic E-state index is 11.9. The van der Waals surface area contributed by atoms with Gasteiger partial charge in [0.05, 0.1) is 0 Å². The maximum Gasteiger partial charge on any atom is 0.446 e. The molecule has 0 radical (unpaired) electrons. The van der Waals surface area contributed by atoms with E-state index in [-0.39, 0.29) is 16.7 Å². The molecule has 0 spiro atoms. The van der Waals surface area contributed by atoms with Gasteiger partial charge in [-0.15, -0.1) is 0 Å². The predicted molar refractivity (Wildman–Crippen MR) is 50.5 cm³/mol. The van der Waals surface area contributed by atoms with E-state index in [9.17, 15) is 13.2 Å². The maximum absolute atomic E-state index is 11.9. The lowest BCUT2D eigenvalue weighted by atomic mass is 10.3.